The lowest BCUT2D eigenvalue weighted by molar-refractivity contribution is -0.157. The number of amides is 1. The molecule has 0 saturated heterocycles. The monoisotopic (exact) mass is 309 g/mol. The molecule has 0 radical (unpaired) electrons. The van der Waals surface area contributed by atoms with Crippen molar-refractivity contribution in [1.29, 1.82) is 0 Å². The number of halogens is 1. The zero-order valence-electron chi connectivity index (χ0n) is 12.6. The molecule has 0 fully saturated rings. The van der Waals surface area contributed by atoms with Crippen LogP contribution in [0.25, 0.3) is 6.08 Å². The molecule has 4 nitrogen and oxygen atoms in total. The number of rotatable bonds is 4. The molecule has 21 heavy (non-hydrogen) atoms. The highest BCUT2D eigenvalue weighted by atomic mass is 35.5. The van der Waals surface area contributed by atoms with Crippen LogP contribution in [0, 0.1) is 0 Å². The van der Waals surface area contributed by atoms with Crippen LogP contribution >= 0.6 is 11.6 Å². The summed E-state index contributed by atoms with van der Waals surface area (Å²) < 4.78 is 5.18. The molecule has 0 aliphatic carbocycles. The summed E-state index contributed by atoms with van der Waals surface area (Å²) in [6.45, 7) is 6.91. The van der Waals surface area contributed by atoms with Gasteiger partial charge in [-0.1, -0.05) is 23.7 Å². The van der Waals surface area contributed by atoms with Gasteiger partial charge in [0, 0.05) is 11.1 Å². The first-order valence-corrected chi connectivity index (χ1v) is 7.02. The lowest BCUT2D eigenvalue weighted by Crippen LogP contribution is -2.41. The molecule has 1 aromatic rings. The average molecular weight is 310 g/mol. The molecule has 0 saturated carbocycles. The van der Waals surface area contributed by atoms with Crippen LogP contribution in [0.4, 0.5) is 0 Å². The van der Waals surface area contributed by atoms with Gasteiger partial charge >= 0.3 is 5.97 Å². The van der Waals surface area contributed by atoms with Gasteiger partial charge in [-0.15, -0.1) is 0 Å². The Morgan fingerprint density at radius 3 is 2.57 bits per heavy atom. The van der Waals surface area contributed by atoms with Crippen molar-refractivity contribution >= 4 is 29.6 Å². The highest BCUT2D eigenvalue weighted by Crippen LogP contribution is 2.12. The molecule has 5 heteroatoms. The van der Waals surface area contributed by atoms with Gasteiger partial charge in [-0.25, -0.2) is 4.79 Å². The third-order valence-electron chi connectivity index (χ3n) is 2.39. The summed E-state index contributed by atoms with van der Waals surface area (Å²) in [5.74, 6) is -0.833. The van der Waals surface area contributed by atoms with Gasteiger partial charge in [0.25, 0.3) is 0 Å². The quantitative estimate of drug-likeness (QED) is 0.686. The van der Waals surface area contributed by atoms with Crippen molar-refractivity contribution in [2.45, 2.75) is 39.3 Å². The normalized spacial score (nSPS) is 13.0. The molecule has 114 valence electrons. The van der Waals surface area contributed by atoms with Crippen LogP contribution in [0.2, 0.25) is 5.02 Å². The average Bonchev–Trinajstić information content (AvgIpc) is 2.34. The third-order valence-corrected chi connectivity index (χ3v) is 2.63. The predicted octanol–water partition coefficient (Wildman–Crippen LogP) is 3.20. The highest BCUT2D eigenvalue weighted by Gasteiger charge is 2.22. The molecule has 1 aromatic carbocycles. The van der Waals surface area contributed by atoms with E-state index in [1.54, 1.807) is 52.0 Å². The van der Waals surface area contributed by atoms with Crippen molar-refractivity contribution in [3.63, 3.8) is 0 Å². The molecule has 0 spiro atoms. The van der Waals surface area contributed by atoms with E-state index in [9.17, 15) is 9.59 Å². The summed E-state index contributed by atoms with van der Waals surface area (Å²) in [6, 6.07) is 6.41. The molecule has 0 aliphatic rings. The van der Waals surface area contributed by atoms with Crippen molar-refractivity contribution in [3.8, 4) is 0 Å². The number of ether oxygens (including phenoxy) is 1. The van der Waals surface area contributed by atoms with Gasteiger partial charge in [0.05, 0.1) is 0 Å². The number of carbonyl (C=O) groups is 2. The topological polar surface area (TPSA) is 55.4 Å². The molecule has 0 aliphatic heterocycles. The second-order valence-corrected chi connectivity index (χ2v) is 6.09. The molecule has 1 rings (SSSR count). The van der Waals surface area contributed by atoms with Gasteiger partial charge < -0.3 is 10.1 Å². The summed E-state index contributed by atoms with van der Waals surface area (Å²) in [5.41, 5.74) is 0.231. The number of hydrogen-bond acceptors (Lipinski definition) is 3. The summed E-state index contributed by atoms with van der Waals surface area (Å²) in [7, 11) is 0. The van der Waals surface area contributed by atoms with Crippen molar-refractivity contribution in [2.75, 3.05) is 0 Å². The first kappa shape index (κ1) is 17.2. The zero-order chi connectivity index (χ0) is 16.0. The highest BCUT2D eigenvalue weighted by molar-refractivity contribution is 6.30. The summed E-state index contributed by atoms with van der Waals surface area (Å²) in [5, 5.41) is 3.15. The Morgan fingerprint density at radius 1 is 1.33 bits per heavy atom. The van der Waals surface area contributed by atoms with Crippen LogP contribution in [0.3, 0.4) is 0 Å². The SMILES string of the molecule is C[C@H](NC(=O)/C=C/c1cccc(Cl)c1)C(=O)OC(C)(C)C. The van der Waals surface area contributed by atoms with Crippen LogP contribution in [-0.4, -0.2) is 23.5 Å². The number of esters is 1. The maximum atomic E-state index is 11.7. The van der Waals surface area contributed by atoms with Crippen molar-refractivity contribution in [1.82, 2.24) is 5.32 Å². The van der Waals surface area contributed by atoms with Gasteiger partial charge in [-0.05, 0) is 51.5 Å². The maximum Gasteiger partial charge on any atom is 0.328 e. The van der Waals surface area contributed by atoms with Gasteiger partial charge in [0.1, 0.15) is 11.6 Å². The fraction of sp³-hybridized carbons (Fsp3) is 0.375. The van der Waals surface area contributed by atoms with Crippen molar-refractivity contribution in [3.05, 3.63) is 40.9 Å². The standard InChI is InChI=1S/C16H20ClNO3/c1-11(15(20)21-16(2,3)4)18-14(19)9-8-12-6-5-7-13(17)10-12/h5-11H,1-4H3,(H,18,19)/b9-8+/t11-/m0/s1. The van der Waals surface area contributed by atoms with E-state index in [1.165, 1.54) is 6.08 Å². The Morgan fingerprint density at radius 2 is 2.00 bits per heavy atom. The van der Waals surface area contributed by atoms with Crippen molar-refractivity contribution < 1.29 is 14.3 Å². The fourth-order valence-electron chi connectivity index (χ4n) is 1.49. The molecule has 0 heterocycles. The summed E-state index contributed by atoms with van der Waals surface area (Å²) in [4.78, 5) is 23.5. The molecule has 0 bridgehead atoms. The zero-order valence-corrected chi connectivity index (χ0v) is 13.4. The second kappa shape index (κ2) is 7.27. The number of nitrogens with one attached hydrogen (secondary N) is 1. The Balaban J connectivity index is 2.55. The van der Waals surface area contributed by atoms with E-state index in [2.05, 4.69) is 5.32 Å². The minimum absolute atomic E-state index is 0.367. The Labute approximate surface area is 130 Å². The largest absolute Gasteiger partial charge is 0.458 e. The van der Waals surface area contributed by atoms with E-state index in [1.807, 2.05) is 6.07 Å². The molecular formula is C16H20ClNO3. The number of hydrogen-bond donors (Lipinski definition) is 1. The van der Waals surface area contributed by atoms with E-state index in [4.69, 9.17) is 16.3 Å². The second-order valence-electron chi connectivity index (χ2n) is 5.65. The molecule has 1 amide bonds. The van der Waals surface area contributed by atoms with E-state index in [0.29, 0.717) is 5.02 Å². The van der Waals surface area contributed by atoms with E-state index in [-0.39, 0.29) is 5.91 Å². The van der Waals surface area contributed by atoms with Crippen LogP contribution in [0.15, 0.2) is 30.3 Å². The first-order valence-electron chi connectivity index (χ1n) is 6.64. The van der Waals surface area contributed by atoms with Gasteiger partial charge in [0.2, 0.25) is 5.91 Å². The lowest BCUT2D eigenvalue weighted by Gasteiger charge is -2.22. The fourth-order valence-corrected chi connectivity index (χ4v) is 1.69. The van der Waals surface area contributed by atoms with Gasteiger partial charge in [-0.3, -0.25) is 4.79 Å². The minimum Gasteiger partial charge on any atom is -0.458 e. The van der Waals surface area contributed by atoms with Gasteiger partial charge in [-0.2, -0.15) is 0 Å². The van der Waals surface area contributed by atoms with Crippen molar-refractivity contribution in [2.24, 2.45) is 0 Å². The summed E-state index contributed by atoms with van der Waals surface area (Å²) >= 11 is 5.85. The smallest absolute Gasteiger partial charge is 0.328 e. The molecule has 1 atom stereocenters. The maximum absolute atomic E-state index is 11.7. The number of benzene rings is 1. The number of carbonyl (C=O) groups excluding carboxylic acids is 2. The Hall–Kier alpha value is -1.81. The van der Waals surface area contributed by atoms with Crippen LogP contribution in [-0.2, 0) is 14.3 Å². The van der Waals surface area contributed by atoms with Crippen LogP contribution in [0.1, 0.15) is 33.3 Å². The molecule has 1 N–H and O–H groups in total. The third kappa shape index (κ3) is 6.95. The van der Waals surface area contributed by atoms with E-state index < -0.39 is 17.6 Å². The predicted molar refractivity (Wildman–Crippen MR) is 83.9 cm³/mol. The minimum atomic E-state index is -0.708. The van der Waals surface area contributed by atoms with Crippen LogP contribution < -0.4 is 5.32 Å². The van der Waals surface area contributed by atoms with Gasteiger partial charge in [0.15, 0.2) is 0 Å². The Kier molecular flexibility index (Phi) is 5.97. The lowest BCUT2D eigenvalue weighted by atomic mass is 10.2. The van der Waals surface area contributed by atoms with E-state index in [0.717, 1.165) is 5.56 Å². The Bertz CT molecular complexity index is 547. The van der Waals surface area contributed by atoms with Crippen LogP contribution in [0.5, 0.6) is 0 Å². The first-order chi connectivity index (χ1) is 9.67. The van der Waals surface area contributed by atoms with E-state index >= 15 is 0 Å². The summed E-state index contributed by atoms with van der Waals surface area (Å²) in [6.07, 6.45) is 2.98. The molecule has 0 unspecified atom stereocenters. The molecule has 0 aromatic heterocycles. The molecular weight excluding hydrogens is 290 g/mol.